The fourth-order valence-electron chi connectivity index (χ4n) is 3.89. The van der Waals surface area contributed by atoms with E-state index in [9.17, 15) is 26.4 Å². The Morgan fingerprint density at radius 2 is 1.63 bits per heavy atom. The van der Waals surface area contributed by atoms with Gasteiger partial charge in [-0.25, -0.2) is 22.5 Å². The molecule has 198 valence electrons. The van der Waals surface area contributed by atoms with E-state index < -0.39 is 28.1 Å². The van der Waals surface area contributed by atoms with Gasteiger partial charge in [-0.2, -0.15) is 0 Å². The first-order valence-electron chi connectivity index (χ1n) is 11.5. The highest BCUT2D eigenvalue weighted by atomic mass is 32.2. The lowest BCUT2D eigenvalue weighted by atomic mass is 10.1. The number of nitrogens with zero attached hydrogens (tertiary/aromatic N) is 2. The summed E-state index contributed by atoms with van der Waals surface area (Å²) in [6.45, 7) is 3.36. The first-order valence-corrected chi connectivity index (χ1v) is 12.9. The van der Waals surface area contributed by atoms with Gasteiger partial charge in [0.05, 0.1) is 23.6 Å². The van der Waals surface area contributed by atoms with Crippen molar-refractivity contribution in [3.63, 3.8) is 0 Å². The summed E-state index contributed by atoms with van der Waals surface area (Å²) in [4.78, 5) is 16.3. The lowest BCUT2D eigenvalue weighted by Gasteiger charge is -2.26. The number of aromatic nitrogens is 1. The molecule has 11 heteroatoms. The minimum absolute atomic E-state index is 0.100. The van der Waals surface area contributed by atoms with Crippen molar-refractivity contribution in [3.8, 4) is 5.75 Å². The fraction of sp³-hybridized carbons (Fsp3) is 0.185. The first kappa shape index (κ1) is 26.9. The maximum atomic E-state index is 13.9. The van der Waals surface area contributed by atoms with Gasteiger partial charge in [-0.3, -0.25) is 0 Å². The molecule has 0 fully saturated rings. The van der Waals surface area contributed by atoms with Crippen LogP contribution < -0.4 is 9.04 Å². The SMILES string of the molecule is CCOC(=O)c1ccc(S(=O)(=O)N(Cc2ccc(OC(F)(F)F)cc2)c2ncc3ccccc3c2C)cc1. The van der Waals surface area contributed by atoms with Gasteiger partial charge in [0.2, 0.25) is 0 Å². The molecule has 7 nitrogen and oxygen atoms in total. The Morgan fingerprint density at radius 3 is 2.26 bits per heavy atom. The minimum Gasteiger partial charge on any atom is -0.462 e. The number of carbonyl (C=O) groups excluding carboxylic acids is 1. The Kier molecular flexibility index (Phi) is 7.58. The van der Waals surface area contributed by atoms with Crippen LogP contribution in [0.3, 0.4) is 0 Å². The van der Waals surface area contributed by atoms with Crippen molar-refractivity contribution in [2.45, 2.75) is 31.7 Å². The maximum Gasteiger partial charge on any atom is 0.573 e. The van der Waals surface area contributed by atoms with Crippen molar-refractivity contribution in [2.75, 3.05) is 10.9 Å². The van der Waals surface area contributed by atoms with Crippen LogP contribution in [-0.4, -0.2) is 32.3 Å². The van der Waals surface area contributed by atoms with E-state index in [-0.39, 0.29) is 29.4 Å². The van der Waals surface area contributed by atoms with Crippen molar-refractivity contribution in [3.05, 3.63) is 95.7 Å². The first-order chi connectivity index (χ1) is 18.0. The van der Waals surface area contributed by atoms with E-state index in [4.69, 9.17) is 4.74 Å². The molecule has 0 aliphatic carbocycles. The van der Waals surface area contributed by atoms with Crippen LogP contribution in [0.1, 0.15) is 28.4 Å². The zero-order valence-electron chi connectivity index (χ0n) is 20.4. The zero-order chi connectivity index (χ0) is 27.5. The third-order valence-corrected chi connectivity index (χ3v) is 7.45. The Hall–Kier alpha value is -4.12. The lowest BCUT2D eigenvalue weighted by Crippen LogP contribution is -2.32. The molecular weight excluding hydrogens is 521 g/mol. The zero-order valence-corrected chi connectivity index (χ0v) is 21.2. The van der Waals surface area contributed by atoms with Crippen LogP contribution in [-0.2, 0) is 21.3 Å². The highest BCUT2D eigenvalue weighted by molar-refractivity contribution is 7.92. The highest BCUT2D eigenvalue weighted by Crippen LogP contribution is 2.32. The van der Waals surface area contributed by atoms with Crippen molar-refractivity contribution < 1.29 is 35.9 Å². The molecule has 0 aliphatic rings. The number of alkyl halides is 3. The van der Waals surface area contributed by atoms with Gasteiger partial charge < -0.3 is 9.47 Å². The molecule has 4 rings (SSSR count). The van der Waals surface area contributed by atoms with Gasteiger partial charge in [0, 0.05) is 17.1 Å². The topological polar surface area (TPSA) is 85.8 Å². The van der Waals surface area contributed by atoms with Gasteiger partial charge in [-0.1, -0.05) is 36.4 Å². The lowest BCUT2D eigenvalue weighted by molar-refractivity contribution is -0.274. The standard InChI is InChI=1S/C27H23F3N2O5S/c1-3-36-26(33)20-10-14-23(15-11-20)38(34,35)32(17-19-8-12-22(13-9-19)37-27(28,29)30)25-18(2)24-7-5-4-6-21(24)16-31-25/h4-16H,3,17H2,1-2H3. The predicted octanol–water partition coefficient (Wildman–Crippen LogP) is 6.01. The highest BCUT2D eigenvalue weighted by Gasteiger charge is 2.31. The number of hydrogen-bond donors (Lipinski definition) is 0. The molecule has 0 spiro atoms. The second-order valence-electron chi connectivity index (χ2n) is 8.24. The number of benzene rings is 3. The average Bonchev–Trinajstić information content (AvgIpc) is 2.88. The second kappa shape index (κ2) is 10.7. The summed E-state index contributed by atoms with van der Waals surface area (Å²) >= 11 is 0. The average molecular weight is 545 g/mol. The van der Waals surface area contributed by atoms with Crippen LogP contribution in [0.4, 0.5) is 19.0 Å². The molecule has 3 aromatic carbocycles. The van der Waals surface area contributed by atoms with Gasteiger partial charge in [0.15, 0.2) is 0 Å². The molecule has 0 saturated heterocycles. The van der Waals surface area contributed by atoms with Crippen LogP contribution >= 0.6 is 0 Å². The van der Waals surface area contributed by atoms with Crippen molar-refractivity contribution in [1.29, 1.82) is 0 Å². The normalized spacial score (nSPS) is 11.8. The monoisotopic (exact) mass is 544 g/mol. The van der Waals surface area contributed by atoms with E-state index >= 15 is 0 Å². The molecule has 0 radical (unpaired) electrons. The molecule has 0 N–H and O–H groups in total. The molecule has 0 amide bonds. The van der Waals surface area contributed by atoms with Gasteiger partial charge in [0.25, 0.3) is 10.0 Å². The Bertz CT molecular complexity index is 1550. The molecule has 1 aromatic heterocycles. The molecule has 0 saturated carbocycles. The number of esters is 1. The maximum absolute atomic E-state index is 13.9. The van der Waals surface area contributed by atoms with Gasteiger partial charge in [-0.15, -0.1) is 13.2 Å². The van der Waals surface area contributed by atoms with E-state index in [0.29, 0.717) is 11.1 Å². The van der Waals surface area contributed by atoms with Crippen LogP contribution in [0.15, 0.2) is 83.9 Å². The summed E-state index contributed by atoms with van der Waals surface area (Å²) < 4.78 is 75.4. The van der Waals surface area contributed by atoms with Crippen LogP contribution in [0.25, 0.3) is 10.8 Å². The number of halogens is 3. The van der Waals surface area contributed by atoms with Gasteiger partial charge in [-0.05, 0) is 61.2 Å². The minimum atomic E-state index is -4.85. The summed E-state index contributed by atoms with van der Waals surface area (Å²) in [6.07, 6.45) is -3.29. The third kappa shape index (κ3) is 5.88. The summed E-state index contributed by atoms with van der Waals surface area (Å²) in [5.74, 6) is -0.847. The smallest absolute Gasteiger partial charge is 0.462 e. The second-order valence-corrected chi connectivity index (χ2v) is 10.1. The number of fused-ring (bicyclic) bond motifs is 1. The molecular formula is C27H23F3N2O5S. The van der Waals surface area contributed by atoms with Crippen molar-refractivity contribution in [2.24, 2.45) is 0 Å². The molecule has 38 heavy (non-hydrogen) atoms. The number of rotatable bonds is 8. The molecule has 0 atom stereocenters. The van der Waals surface area contributed by atoms with E-state index in [2.05, 4.69) is 9.72 Å². The number of anilines is 1. The van der Waals surface area contributed by atoms with Gasteiger partial charge >= 0.3 is 12.3 Å². The van der Waals surface area contributed by atoms with Crippen LogP contribution in [0.5, 0.6) is 5.75 Å². The predicted molar refractivity (Wildman–Crippen MR) is 135 cm³/mol. The number of carbonyl (C=O) groups is 1. The van der Waals surface area contributed by atoms with E-state index in [1.54, 1.807) is 20.0 Å². The molecule has 0 unspecified atom stereocenters. The number of ether oxygens (including phenoxy) is 2. The Balaban J connectivity index is 1.77. The van der Waals surface area contributed by atoms with Crippen LogP contribution in [0, 0.1) is 6.92 Å². The molecule has 0 bridgehead atoms. The summed E-state index contributed by atoms with van der Waals surface area (Å²) in [5, 5.41) is 1.61. The third-order valence-electron chi connectivity index (χ3n) is 5.70. The molecule has 4 aromatic rings. The van der Waals surface area contributed by atoms with Crippen molar-refractivity contribution in [1.82, 2.24) is 4.98 Å². The number of pyridine rings is 1. The van der Waals surface area contributed by atoms with Crippen molar-refractivity contribution >= 4 is 32.6 Å². The molecule has 0 aliphatic heterocycles. The number of sulfonamides is 1. The van der Waals surface area contributed by atoms with Crippen LogP contribution in [0.2, 0.25) is 0 Å². The summed E-state index contributed by atoms with van der Waals surface area (Å²) in [5.41, 5.74) is 1.20. The Morgan fingerprint density at radius 1 is 0.974 bits per heavy atom. The molecule has 1 heterocycles. The van der Waals surface area contributed by atoms with Gasteiger partial charge in [0.1, 0.15) is 11.6 Å². The Labute approximate surface area is 217 Å². The van der Waals surface area contributed by atoms with E-state index in [1.165, 1.54) is 36.4 Å². The van der Waals surface area contributed by atoms with E-state index in [1.807, 2.05) is 24.3 Å². The quantitative estimate of drug-likeness (QED) is 0.253. The number of hydrogen-bond acceptors (Lipinski definition) is 6. The van der Waals surface area contributed by atoms with E-state index in [0.717, 1.165) is 27.2 Å². The summed E-state index contributed by atoms with van der Waals surface area (Å²) in [6, 6.07) is 17.6. The summed E-state index contributed by atoms with van der Waals surface area (Å²) in [7, 11) is -4.23. The number of aryl methyl sites for hydroxylation is 1. The fourth-order valence-corrected chi connectivity index (χ4v) is 5.36. The largest absolute Gasteiger partial charge is 0.573 e.